The van der Waals surface area contributed by atoms with Crippen LogP contribution in [0, 0.1) is 18.3 Å². The zero-order valence-corrected chi connectivity index (χ0v) is 22.5. The molecule has 10 nitrogen and oxygen atoms in total. The molecule has 0 radical (unpaired) electrons. The van der Waals surface area contributed by atoms with Crippen molar-refractivity contribution in [3.8, 4) is 6.07 Å². The van der Waals surface area contributed by atoms with Gasteiger partial charge in [0.05, 0.1) is 45.0 Å². The zero-order valence-electron chi connectivity index (χ0n) is 19.4. The molecule has 3 heterocycles. The molecule has 0 spiro atoms. The summed E-state index contributed by atoms with van der Waals surface area (Å²) in [7, 11) is -3.21. The number of sulfone groups is 1. The third kappa shape index (κ3) is 5.09. The number of carbonyl (C=O) groups excluding carboxylic acids is 2. The molecule has 13 heteroatoms. The van der Waals surface area contributed by atoms with E-state index >= 15 is 0 Å². The number of hydrogen-bond acceptors (Lipinski definition) is 8. The van der Waals surface area contributed by atoms with Gasteiger partial charge in [0.15, 0.2) is 15.7 Å². The minimum Gasteiger partial charge on any atom is -0.344 e. The van der Waals surface area contributed by atoms with Gasteiger partial charge < -0.3 is 10.6 Å². The van der Waals surface area contributed by atoms with Gasteiger partial charge in [-0.1, -0.05) is 18.5 Å². The van der Waals surface area contributed by atoms with E-state index in [0.717, 1.165) is 0 Å². The van der Waals surface area contributed by atoms with Gasteiger partial charge in [0.1, 0.15) is 10.7 Å². The molecule has 0 bridgehead atoms. The summed E-state index contributed by atoms with van der Waals surface area (Å²) in [5.74, 6) is -1.05. The molecule has 1 saturated heterocycles. The van der Waals surface area contributed by atoms with E-state index in [-0.39, 0.29) is 34.7 Å². The Morgan fingerprint density at radius 1 is 1.36 bits per heavy atom. The molecule has 2 amide bonds. The summed E-state index contributed by atoms with van der Waals surface area (Å²) < 4.78 is 24.1. The molecule has 188 valence electrons. The maximum absolute atomic E-state index is 13.4. The second kappa shape index (κ2) is 9.80. The Bertz CT molecular complexity index is 1430. The lowest BCUT2D eigenvalue weighted by atomic mass is 9.97. The van der Waals surface area contributed by atoms with Crippen LogP contribution in [0.5, 0.6) is 0 Å². The quantitative estimate of drug-likeness (QED) is 0.523. The van der Waals surface area contributed by atoms with E-state index < -0.39 is 33.2 Å². The minimum atomic E-state index is -3.21. The van der Waals surface area contributed by atoms with E-state index in [1.165, 1.54) is 17.3 Å². The highest BCUT2D eigenvalue weighted by Crippen LogP contribution is 2.33. The molecule has 1 aromatic heterocycles. The molecule has 0 saturated carbocycles. The van der Waals surface area contributed by atoms with Crippen molar-refractivity contribution < 1.29 is 18.0 Å². The largest absolute Gasteiger partial charge is 0.344 e. The average Bonchev–Trinajstić information content (AvgIpc) is 3.20. The highest BCUT2D eigenvalue weighted by Gasteiger charge is 2.48. The third-order valence-electron chi connectivity index (χ3n) is 6.14. The molecule has 1 unspecified atom stereocenters. The van der Waals surface area contributed by atoms with Gasteiger partial charge >= 0.3 is 0 Å². The minimum absolute atomic E-state index is 0.0671. The van der Waals surface area contributed by atoms with Crippen LogP contribution in [0.2, 0.25) is 5.02 Å². The van der Waals surface area contributed by atoms with E-state index in [0.29, 0.717) is 27.4 Å². The molecule has 2 aliphatic rings. The molecule has 2 N–H and O–H groups in total. The number of nitrogens with zero attached hydrogens (tertiary/aromatic N) is 4. The van der Waals surface area contributed by atoms with Crippen molar-refractivity contribution in [2.45, 2.75) is 38.3 Å². The number of anilines is 2. The van der Waals surface area contributed by atoms with Gasteiger partial charge in [0.2, 0.25) is 5.91 Å². The number of hydrogen-bond donors (Lipinski definition) is 2. The molecule has 1 atom stereocenters. The third-order valence-corrected chi connectivity index (χ3v) is 8.90. The average molecular weight is 594 g/mol. The first-order valence-corrected chi connectivity index (χ1v) is 14.0. The monoisotopic (exact) mass is 592 g/mol. The van der Waals surface area contributed by atoms with Gasteiger partial charge in [0.25, 0.3) is 5.91 Å². The van der Waals surface area contributed by atoms with Crippen LogP contribution in [-0.4, -0.2) is 52.9 Å². The first kappa shape index (κ1) is 26.1. The van der Waals surface area contributed by atoms with Crippen molar-refractivity contribution in [1.82, 2.24) is 10.3 Å². The number of nitriles is 1. The number of pyridine rings is 1. The zero-order chi connectivity index (χ0) is 26.3. The lowest BCUT2D eigenvalue weighted by Gasteiger charge is -2.41. The number of aryl methyl sites for hydroxylation is 1. The lowest BCUT2D eigenvalue weighted by molar-refractivity contribution is -0.117. The molecular weight excluding hydrogens is 572 g/mol. The summed E-state index contributed by atoms with van der Waals surface area (Å²) in [6.45, 7) is 3.47. The molecular formula is C23H22BrClN6O4S. The van der Waals surface area contributed by atoms with Crippen molar-refractivity contribution in [3.63, 3.8) is 0 Å². The van der Waals surface area contributed by atoms with Crippen LogP contribution in [0.15, 0.2) is 35.6 Å². The number of rotatable bonds is 6. The van der Waals surface area contributed by atoms with Crippen molar-refractivity contribution in [1.29, 1.82) is 5.26 Å². The van der Waals surface area contributed by atoms with Crippen molar-refractivity contribution in [3.05, 3.63) is 52.2 Å². The molecule has 2 aliphatic heterocycles. The van der Waals surface area contributed by atoms with E-state index in [9.17, 15) is 23.3 Å². The maximum atomic E-state index is 13.4. The Kier molecular flexibility index (Phi) is 7.10. The van der Waals surface area contributed by atoms with Gasteiger partial charge in [-0.25, -0.2) is 18.4 Å². The summed E-state index contributed by atoms with van der Waals surface area (Å²) >= 11 is 9.61. The van der Waals surface area contributed by atoms with Crippen molar-refractivity contribution >= 4 is 65.3 Å². The van der Waals surface area contributed by atoms with Crippen molar-refractivity contribution in [2.75, 3.05) is 21.8 Å². The fourth-order valence-electron chi connectivity index (χ4n) is 4.29. The molecule has 0 aliphatic carbocycles. The number of halogens is 2. The topological polar surface area (TPSA) is 145 Å². The van der Waals surface area contributed by atoms with Crippen LogP contribution >= 0.6 is 27.5 Å². The van der Waals surface area contributed by atoms with Crippen LogP contribution in [0.1, 0.15) is 41.3 Å². The predicted octanol–water partition coefficient (Wildman–Crippen LogP) is 3.15. The van der Waals surface area contributed by atoms with Gasteiger partial charge in [-0.15, -0.1) is 0 Å². The summed E-state index contributed by atoms with van der Waals surface area (Å²) in [6, 6.07) is 7.44. The van der Waals surface area contributed by atoms with E-state index in [1.54, 1.807) is 32.0 Å². The number of amides is 2. The standard InChI is InChI=1S/C23H22BrClN6O4S/c1-3-23(11-36(34,35)12-23)29-21(32)15-8-14(10-26)7-13(2)19(15)28-22(33)17-9-18(24)30-31(17)20-16(25)5-4-6-27-20/h4-8,17H,3,9,11-12H2,1-2H3,(H,28,33)(H,29,32). The molecule has 2 aromatic rings. The Balaban J connectivity index is 1.64. The van der Waals surface area contributed by atoms with Crippen LogP contribution < -0.4 is 15.6 Å². The fraction of sp³-hybridized carbons (Fsp3) is 0.348. The van der Waals surface area contributed by atoms with Crippen LogP contribution in [0.4, 0.5) is 11.5 Å². The highest BCUT2D eigenvalue weighted by molar-refractivity contribution is 9.18. The summed E-state index contributed by atoms with van der Waals surface area (Å²) in [5, 5.41) is 21.1. The van der Waals surface area contributed by atoms with Crippen LogP contribution in [0.3, 0.4) is 0 Å². The maximum Gasteiger partial charge on any atom is 0.253 e. The predicted molar refractivity (Wildman–Crippen MR) is 140 cm³/mol. The normalized spacial score (nSPS) is 19.6. The Morgan fingerprint density at radius 3 is 2.69 bits per heavy atom. The number of hydrazone groups is 1. The number of carbonyl (C=O) groups is 2. The second-order valence-electron chi connectivity index (χ2n) is 8.79. The fourth-order valence-corrected chi connectivity index (χ4v) is 7.13. The number of benzene rings is 1. The van der Waals surface area contributed by atoms with E-state index in [1.807, 2.05) is 6.07 Å². The second-order valence-corrected chi connectivity index (χ2v) is 12.2. The molecule has 36 heavy (non-hydrogen) atoms. The van der Waals surface area contributed by atoms with Crippen molar-refractivity contribution in [2.24, 2.45) is 5.10 Å². The van der Waals surface area contributed by atoms with Gasteiger partial charge in [-0.2, -0.15) is 10.4 Å². The lowest BCUT2D eigenvalue weighted by Crippen LogP contribution is -2.65. The Labute approximate surface area is 221 Å². The highest BCUT2D eigenvalue weighted by atomic mass is 79.9. The van der Waals surface area contributed by atoms with E-state index in [4.69, 9.17) is 11.6 Å². The number of nitrogens with one attached hydrogen (secondary N) is 2. The summed E-state index contributed by atoms with van der Waals surface area (Å²) in [6.07, 6.45) is 2.20. The van der Waals surface area contributed by atoms with Gasteiger partial charge in [0, 0.05) is 12.6 Å². The smallest absolute Gasteiger partial charge is 0.253 e. The van der Waals surface area contributed by atoms with Crippen LogP contribution in [0.25, 0.3) is 0 Å². The first-order valence-electron chi connectivity index (χ1n) is 11.0. The first-order chi connectivity index (χ1) is 17.0. The van der Waals surface area contributed by atoms with E-state index in [2.05, 4.69) is 36.6 Å². The SMILES string of the molecule is CCC1(NC(=O)c2cc(C#N)cc(C)c2NC(=O)C2CC(Br)=NN2c2ncccc2Cl)CS(=O)(=O)C1. The van der Waals surface area contributed by atoms with Gasteiger partial charge in [-0.3, -0.25) is 9.59 Å². The summed E-state index contributed by atoms with van der Waals surface area (Å²) in [5.41, 5.74) is 0.137. The molecule has 1 fully saturated rings. The molecule has 4 rings (SSSR count). The van der Waals surface area contributed by atoms with Gasteiger partial charge in [-0.05, 0) is 59.1 Å². The molecule has 1 aromatic carbocycles. The van der Waals surface area contributed by atoms with Crippen LogP contribution in [-0.2, 0) is 14.6 Å². The Morgan fingerprint density at radius 2 is 2.08 bits per heavy atom. The Hall–Kier alpha value is -3.01. The summed E-state index contributed by atoms with van der Waals surface area (Å²) in [4.78, 5) is 31.0. The number of aromatic nitrogens is 1.